The number of carbonyl (C=O) groups is 2. The summed E-state index contributed by atoms with van der Waals surface area (Å²) in [5.74, 6) is 0.0639. The van der Waals surface area contributed by atoms with Crippen LogP contribution >= 0.6 is 0 Å². The highest BCUT2D eigenvalue weighted by molar-refractivity contribution is 5.95. The molecule has 2 amide bonds. The lowest BCUT2D eigenvalue weighted by molar-refractivity contribution is -0.129. The number of benzene rings is 1. The van der Waals surface area contributed by atoms with Crippen molar-refractivity contribution in [2.75, 3.05) is 39.3 Å². The first-order valence-corrected chi connectivity index (χ1v) is 8.63. The van der Waals surface area contributed by atoms with Crippen LogP contribution in [0.3, 0.4) is 0 Å². The highest BCUT2D eigenvalue weighted by Gasteiger charge is 2.30. The predicted octanol–water partition coefficient (Wildman–Crippen LogP) is 1.49. The van der Waals surface area contributed by atoms with Gasteiger partial charge < -0.3 is 14.5 Å². The molecular weight excluding hydrogens is 332 g/mol. The fraction of sp³-hybridized carbons (Fsp3) is 0.421. The minimum Gasteiger partial charge on any atom is -0.375 e. The fourth-order valence-corrected chi connectivity index (χ4v) is 3.26. The quantitative estimate of drug-likeness (QED) is 0.814. The highest BCUT2D eigenvalue weighted by Crippen LogP contribution is 2.38. The molecule has 0 radical (unpaired) electrons. The number of methoxy groups -OCH3 is 1. The first kappa shape index (κ1) is 18.1. The first-order chi connectivity index (χ1) is 12.5. The number of fused-ring (bicyclic) bond motifs is 1. The topological polar surface area (TPSA) is 67.7 Å². The molecule has 0 saturated heterocycles. The second-order valence-electron chi connectivity index (χ2n) is 6.60. The number of likely N-dealkylation sites (N-methyl/N-ethyl adjacent to an activating group) is 1. The van der Waals surface area contributed by atoms with E-state index in [9.17, 15) is 9.59 Å². The van der Waals surface area contributed by atoms with E-state index in [1.54, 1.807) is 28.6 Å². The van der Waals surface area contributed by atoms with E-state index in [0.717, 1.165) is 23.4 Å². The molecule has 1 aromatic carbocycles. The van der Waals surface area contributed by atoms with Gasteiger partial charge in [-0.15, -0.1) is 0 Å². The van der Waals surface area contributed by atoms with Crippen molar-refractivity contribution < 1.29 is 14.3 Å². The zero-order valence-electron chi connectivity index (χ0n) is 15.4. The van der Waals surface area contributed by atoms with Gasteiger partial charge in [0.15, 0.2) is 0 Å². The number of para-hydroxylation sites is 1. The molecule has 0 fully saturated rings. The minimum absolute atomic E-state index is 0.0000294. The van der Waals surface area contributed by atoms with Gasteiger partial charge in [-0.05, 0) is 24.1 Å². The molecule has 138 valence electrons. The summed E-state index contributed by atoms with van der Waals surface area (Å²) >= 11 is 0. The average molecular weight is 356 g/mol. The van der Waals surface area contributed by atoms with Gasteiger partial charge in [-0.2, -0.15) is 5.10 Å². The van der Waals surface area contributed by atoms with Gasteiger partial charge in [0.25, 0.3) is 5.91 Å². The molecule has 7 heteroatoms. The predicted molar refractivity (Wildman–Crippen MR) is 98.1 cm³/mol. The van der Waals surface area contributed by atoms with E-state index in [0.29, 0.717) is 6.54 Å². The van der Waals surface area contributed by atoms with E-state index in [1.807, 2.05) is 36.5 Å². The SMILES string of the molecule is COCC(=O)N1CC[C@@H](c2ccn(CC(=O)N(C)C)n2)c2ccccc21. The zero-order valence-corrected chi connectivity index (χ0v) is 15.4. The Labute approximate surface area is 153 Å². The lowest BCUT2D eigenvalue weighted by Crippen LogP contribution is -2.39. The Morgan fingerprint density at radius 3 is 2.77 bits per heavy atom. The Morgan fingerprint density at radius 2 is 2.04 bits per heavy atom. The molecule has 0 spiro atoms. The molecule has 7 nitrogen and oxygen atoms in total. The number of aromatic nitrogens is 2. The molecule has 1 aliphatic rings. The summed E-state index contributed by atoms with van der Waals surface area (Å²) in [5.41, 5.74) is 2.90. The van der Waals surface area contributed by atoms with E-state index in [2.05, 4.69) is 5.10 Å². The van der Waals surface area contributed by atoms with Gasteiger partial charge in [0.05, 0.1) is 5.69 Å². The summed E-state index contributed by atoms with van der Waals surface area (Å²) in [5, 5.41) is 4.60. The summed E-state index contributed by atoms with van der Waals surface area (Å²) in [6.07, 6.45) is 2.62. The molecule has 2 aromatic rings. The van der Waals surface area contributed by atoms with E-state index < -0.39 is 0 Å². The van der Waals surface area contributed by atoms with Crippen LogP contribution in [0.2, 0.25) is 0 Å². The Kier molecular flexibility index (Phi) is 5.37. The standard InChI is InChI=1S/C19H24N4O3/c1-21(2)18(24)12-22-10-9-16(20-22)14-8-11-23(19(25)13-26-3)17-7-5-4-6-15(14)17/h4-7,9-10,14H,8,11-13H2,1-3H3/t14-/m1/s1. The van der Waals surface area contributed by atoms with Crippen LogP contribution in [-0.2, 0) is 20.9 Å². The third kappa shape index (κ3) is 3.62. The van der Waals surface area contributed by atoms with Crippen LogP contribution in [0.1, 0.15) is 23.6 Å². The van der Waals surface area contributed by atoms with Gasteiger partial charge in [0.2, 0.25) is 5.91 Å². The van der Waals surface area contributed by atoms with Gasteiger partial charge in [0, 0.05) is 45.6 Å². The van der Waals surface area contributed by atoms with Crippen LogP contribution in [0.5, 0.6) is 0 Å². The molecule has 1 atom stereocenters. The largest absolute Gasteiger partial charge is 0.375 e. The Morgan fingerprint density at radius 1 is 1.27 bits per heavy atom. The number of hydrogen-bond donors (Lipinski definition) is 0. The molecule has 3 rings (SSSR count). The number of carbonyl (C=O) groups excluding carboxylic acids is 2. The van der Waals surface area contributed by atoms with Crippen LogP contribution in [0.25, 0.3) is 0 Å². The van der Waals surface area contributed by atoms with Crippen LogP contribution in [-0.4, -0.2) is 60.9 Å². The number of anilines is 1. The lowest BCUT2D eigenvalue weighted by atomic mass is 9.87. The number of nitrogens with zero attached hydrogens (tertiary/aromatic N) is 4. The van der Waals surface area contributed by atoms with Crippen LogP contribution in [0.4, 0.5) is 5.69 Å². The Hall–Kier alpha value is -2.67. The van der Waals surface area contributed by atoms with Gasteiger partial charge in [-0.25, -0.2) is 0 Å². The van der Waals surface area contributed by atoms with Gasteiger partial charge in [0.1, 0.15) is 13.2 Å². The number of amides is 2. The molecule has 1 aliphatic heterocycles. The van der Waals surface area contributed by atoms with Crippen molar-refractivity contribution in [3.63, 3.8) is 0 Å². The second kappa shape index (κ2) is 7.70. The minimum atomic E-state index is -0.0412. The van der Waals surface area contributed by atoms with Crippen LogP contribution < -0.4 is 4.90 Å². The lowest BCUT2D eigenvalue weighted by Gasteiger charge is -2.33. The van der Waals surface area contributed by atoms with Gasteiger partial charge in [-0.3, -0.25) is 14.3 Å². The monoisotopic (exact) mass is 356 g/mol. The summed E-state index contributed by atoms with van der Waals surface area (Å²) in [6, 6.07) is 9.86. The third-order valence-electron chi connectivity index (χ3n) is 4.63. The maximum atomic E-state index is 12.3. The second-order valence-corrected chi connectivity index (χ2v) is 6.60. The Bertz CT molecular complexity index is 800. The number of rotatable bonds is 5. The van der Waals surface area contributed by atoms with Gasteiger partial charge >= 0.3 is 0 Å². The highest BCUT2D eigenvalue weighted by atomic mass is 16.5. The summed E-state index contributed by atoms with van der Waals surface area (Å²) in [7, 11) is 4.99. The average Bonchev–Trinajstić information content (AvgIpc) is 3.09. The third-order valence-corrected chi connectivity index (χ3v) is 4.63. The van der Waals surface area contributed by atoms with Crippen molar-refractivity contribution in [3.8, 4) is 0 Å². The summed E-state index contributed by atoms with van der Waals surface area (Å²) in [6.45, 7) is 0.910. The summed E-state index contributed by atoms with van der Waals surface area (Å²) < 4.78 is 6.67. The number of ether oxygens (including phenoxy) is 1. The van der Waals surface area contributed by atoms with Crippen LogP contribution in [0, 0.1) is 0 Å². The van der Waals surface area contributed by atoms with Crippen molar-refractivity contribution in [1.82, 2.24) is 14.7 Å². The van der Waals surface area contributed by atoms with Crippen molar-refractivity contribution >= 4 is 17.5 Å². The van der Waals surface area contributed by atoms with E-state index >= 15 is 0 Å². The van der Waals surface area contributed by atoms with E-state index in [1.165, 1.54) is 7.11 Å². The van der Waals surface area contributed by atoms with Crippen LogP contribution in [0.15, 0.2) is 36.5 Å². The van der Waals surface area contributed by atoms with Crippen molar-refractivity contribution in [2.24, 2.45) is 0 Å². The zero-order chi connectivity index (χ0) is 18.7. The van der Waals surface area contributed by atoms with E-state index in [4.69, 9.17) is 4.74 Å². The maximum Gasteiger partial charge on any atom is 0.252 e. The molecule has 0 saturated carbocycles. The molecule has 0 bridgehead atoms. The Balaban J connectivity index is 1.85. The molecule has 1 aromatic heterocycles. The fourth-order valence-electron chi connectivity index (χ4n) is 3.26. The van der Waals surface area contributed by atoms with E-state index in [-0.39, 0.29) is 30.9 Å². The number of hydrogen-bond acceptors (Lipinski definition) is 4. The first-order valence-electron chi connectivity index (χ1n) is 8.63. The van der Waals surface area contributed by atoms with Crippen molar-refractivity contribution in [1.29, 1.82) is 0 Å². The molecular formula is C19H24N4O3. The molecule has 0 aliphatic carbocycles. The van der Waals surface area contributed by atoms with Crippen molar-refractivity contribution in [3.05, 3.63) is 47.8 Å². The smallest absolute Gasteiger partial charge is 0.252 e. The normalized spacial score (nSPS) is 16.3. The maximum absolute atomic E-state index is 12.3. The molecule has 0 N–H and O–H groups in total. The van der Waals surface area contributed by atoms with Crippen molar-refractivity contribution in [2.45, 2.75) is 18.9 Å². The van der Waals surface area contributed by atoms with Gasteiger partial charge in [-0.1, -0.05) is 18.2 Å². The summed E-state index contributed by atoms with van der Waals surface area (Å²) in [4.78, 5) is 27.5. The molecule has 0 unspecified atom stereocenters. The molecule has 2 heterocycles. The molecule has 26 heavy (non-hydrogen) atoms.